The average molecular weight is 558 g/mol. The quantitative estimate of drug-likeness (QED) is 0.189. The number of unbranched alkanes of at least 4 members (excludes halogenated alkanes) is 1. The number of carbonyl (C=O) groups is 3. The van der Waals surface area contributed by atoms with Gasteiger partial charge in [-0.25, -0.2) is 5.48 Å². The first-order valence-electron chi connectivity index (χ1n) is 14.0. The lowest BCUT2D eigenvalue weighted by Gasteiger charge is -2.28. The molecule has 4 rings (SSSR count). The molecule has 0 aliphatic carbocycles. The number of hydroxylamine groups is 1. The molecule has 0 fully saturated rings. The lowest BCUT2D eigenvalue weighted by atomic mass is 9.83. The summed E-state index contributed by atoms with van der Waals surface area (Å²) in [6.45, 7) is 2.46. The van der Waals surface area contributed by atoms with Crippen LogP contribution in [0.5, 0.6) is 11.5 Å². The maximum absolute atomic E-state index is 13.6. The third-order valence-corrected chi connectivity index (χ3v) is 7.00. The summed E-state index contributed by atoms with van der Waals surface area (Å²) in [6.07, 6.45) is 3.42. The monoisotopic (exact) mass is 557 g/mol. The molecule has 2 aliphatic rings. The topological polar surface area (TPSA) is 126 Å². The van der Waals surface area contributed by atoms with Gasteiger partial charge in [0, 0.05) is 25.3 Å². The van der Waals surface area contributed by atoms with Gasteiger partial charge in [0.05, 0.1) is 25.8 Å². The Bertz CT molecular complexity index is 1080. The van der Waals surface area contributed by atoms with Gasteiger partial charge in [-0.2, -0.15) is 0 Å². The number of alkyl halides is 1. The Morgan fingerprint density at radius 1 is 1.10 bits per heavy atom. The second-order valence-electron chi connectivity index (χ2n) is 9.98. The zero-order chi connectivity index (χ0) is 28.7. The first-order chi connectivity index (χ1) is 19.4. The maximum atomic E-state index is 13.6. The van der Waals surface area contributed by atoms with Gasteiger partial charge in [0.2, 0.25) is 17.7 Å². The number of benzene rings is 2. The molecule has 40 heavy (non-hydrogen) atoms. The summed E-state index contributed by atoms with van der Waals surface area (Å²) in [5, 5.41) is 15.2. The van der Waals surface area contributed by atoms with Crippen molar-refractivity contribution in [2.24, 2.45) is 11.8 Å². The van der Waals surface area contributed by atoms with E-state index in [2.05, 4.69) is 10.6 Å². The molecule has 2 aliphatic heterocycles. The second kappa shape index (κ2) is 16.4. The Kier molecular flexibility index (Phi) is 12.7. The summed E-state index contributed by atoms with van der Waals surface area (Å²) in [5.41, 5.74) is 3.39. The Morgan fingerprint density at radius 2 is 1.85 bits per heavy atom. The van der Waals surface area contributed by atoms with E-state index >= 15 is 0 Å². The zero-order valence-electron chi connectivity index (χ0n) is 23.0. The van der Waals surface area contributed by atoms with Crippen LogP contribution in [0, 0.1) is 11.8 Å². The van der Waals surface area contributed by atoms with Gasteiger partial charge in [-0.3, -0.25) is 24.0 Å². The molecule has 218 valence electrons. The highest BCUT2D eigenvalue weighted by atomic mass is 19.1. The molecular weight excluding hydrogens is 517 g/mol. The zero-order valence-corrected chi connectivity index (χ0v) is 23.0. The Balaban J connectivity index is 1.78. The van der Waals surface area contributed by atoms with Gasteiger partial charge >= 0.3 is 0 Å². The van der Waals surface area contributed by atoms with Gasteiger partial charge in [0.25, 0.3) is 0 Å². The molecule has 0 saturated carbocycles. The minimum Gasteiger partial charge on any atom is -0.494 e. The van der Waals surface area contributed by atoms with Gasteiger partial charge in [0.1, 0.15) is 17.5 Å². The molecular formula is C30H40FN3O6. The highest BCUT2D eigenvalue weighted by molar-refractivity contribution is 5.91. The van der Waals surface area contributed by atoms with Crippen molar-refractivity contribution in [1.29, 1.82) is 0 Å². The fourth-order valence-corrected chi connectivity index (χ4v) is 4.74. The molecule has 2 aromatic rings. The summed E-state index contributed by atoms with van der Waals surface area (Å²) in [7, 11) is 0. The Hall–Kier alpha value is -3.66. The van der Waals surface area contributed by atoms with Crippen molar-refractivity contribution in [2.75, 3.05) is 19.9 Å². The minimum atomic E-state index is -0.882. The summed E-state index contributed by atoms with van der Waals surface area (Å²) in [4.78, 5) is 39.6. The van der Waals surface area contributed by atoms with Gasteiger partial charge in [-0.15, -0.1) is 0 Å². The number of amides is 3. The fraction of sp³-hybridized carbons (Fsp3) is 0.500. The van der Waals surface area contributed by atoms with Crippen LogP contribution in [-0.4, -0.2) is 48.9 Å². The predicted octanol–water partition coefficient (Wildman–Crippen LogP) is 3.87. The number of nitrogens with one attached hydrogen (secondary N) is 3. The highest BCUT2D eigenvalue weighted by Gasteiger charge is 2.35. The molecule has 3 atom stereocenters. The van der Waals surface area contributed by atoms with Gasteiger partial charge in [-0.1, -0.05) is 44.0 Å². The molecule has 0 unspecified atom stereocenters. The molecule has 0 radical (unpaired) electrons. The van der Waals surface area contributed by atoms with E-state index in [0.29, 0.717) is 50.4 Å². The molecule has 9 nitrogen and oxygen atoms in total. The number of halogens is 1. The number of ether oxygens (including phenoxy) is 2. The number of hydrogen-bond donors (Lipinski definition) is 4. The van der Waals surface area contributed by atoms with Crippen LogP contribution in [-0.2, 0) is 27.3 Å². The van der Waals surface area contributed by atoms with E-state index < -0.39 is 36.4 Å². The van der Waals surface area contributed by atoms with Crippen LogP contribution in [0.1, 0.15) is 56.6 Å². The summed E-state index contributed by atoms with van der Waals surface area (Å²) in [5.74, 6) is -1.56. The first-order valence-corrected chi connectivity index (χ1v) is 14.0. The van der Waals surface area contributed by atoms with Crippen LogP contribution in [0.3, 0.4) is 0 Å². The van der Waals surface area contributed by atoms with E-state index in [9.17, 15) is 24.0 Å². The van der Waals surface area contributed by atoms with Gasteiger partial charge in [0.15, 0.2) is 0 Å². The first kappa shape index (κ1) is 30.9. The van der Waals surface area contributed by atoms with Crippen molar-refractivity contribution in [1.82, 2.24) is 16.1 Å². The van der Waals surface area contributed by atoms with Crippen molar-refractivity contribution < 1.29 is 33.5 Å². The van der Waals surface area contributed by atoms with Crippen molar-refractivity contribution in [3.05, 3.63) is 59.7 Å². The average Bonchev–Trinajstić information content (AvgIpc) is 2.97. The van der Waals surface area contributed by atoms with Crippen LogP contribution in [0.25, 0.3) is 0 Å². The lowest BCUT2D eigenvalue weighted by Crippen LogP contribution is -2.51. The Labute approximate surface area is 234 Å². The van der Waals surface area contributed by atoms with Crippen molar-refractivity contribution in [2.45, 2.75) is 64.5 Å². The number of hydrogen-bond acceptors (Lipinski definition) is 6. The maximum Gasteiger partial charge on any atom is 0.247 e. The summed E-state index contributed by atoms with van der Waals surface area (Å²) >= 11 is 0. The summed E-state index contributed by atoms with van der Waals surface area (Å²) in [6, 6.07) is 13.6. The smallest absolute Gasteiger partial charge is 0.247 e. The fourth-order valence-electron chi connectivity index (χ4n) is 4.74. The van der Waals surface area contributed by atoms with Crippen molar-refractivity contribution in [3.63, 3.8) is 0 Å². The third-order valence-electron chi connectivity index (χ3n) is 7.00. The standard InChI is InChI=1S/C30H40FN3O6/c1-2-3-6-25-26(29(36)34-38)7-4-17-39-23-12-8-21(9-13-23)19-27(33-28(25)35)30(37)32-20-22-10-14-24(15-11-22)40-18-5-16-31/h8-15,25-27,38H,2-7,16-20H2,1H3,(H,32,37)(H,33,35)(H,34,36)/t25-,26+,27+/m1/s1. The molecule has 4 N–H and O–H groups in total. The molecule has 0 saturated heterocycles. The van der Waals surface area contributed by atoms with Crippen LogP contribution in [0.4, 0.5) is 4.39 Å². The SMILES string of the molecule is CCCC[C@H]1C(=O)N[C@H](C(=O)NCc2ccc(OCCCF)cc2)Cc2ccc(cc2)OCCC[C@@H]1C(=O)NO. The number of fused-ring (bicyclic) bond motifs is 11. The Morgan fingerprint density at radius 3 is 2.52 bits per heavy atom. The van der Waals surface area contributed by atoms with E-state index in [0.717, 1.165) is 24.0 Å². The van der Waals surface area contributed by atoms with Crippen LogP contribution >= 0.6 is 0 Å². The molecule has 2 aromatic carbocycles. The second-order valence-corrected chi connectivity index (χ2v) is 9.98. The van der Waals surface area contributed by atoms with Crippen LogP contribution < -0.4 is 25.6 Å². The van der Waals surface area contributed by atoms with Gasteiger partial charge in [-0.05, 0) is 54.7 Å². The molecule has 0 spiro atoms. The number of carbonyl (C=O) groups excluding carboxylic acids is 3. The highest BCUT2D eigenvalue weighted by Crippen LogP contribution is 2.26. The van der Waals surface area contributed by atoms with Gasteiger partial charge < -0.3 is 20.1 Å². The molecule has 2 heterocycles. The molecule has 2 bridgehead atoms. The van der Waals surface area contributed by atoms with Crippen LogP contribution in [0.15, 0.2) is 48.5 Å². The summed E-state index contributed by atoms with van der Waals surface area (Å²) < 4.78 is 23.6. The van der Waals surface area contributed by atoms with E-state index in [1.807, 2.05) is 43.3 Å². The minimum absolute atomic E-state index is 0.234. The van der Waals surface area contributed by atoms with Crippen molar-refractivity contribution in [3.8, 4) is 11.5 Å². The molecule has 3 amide bonds. The van der Waals surface area contributed by atoms with Crippen LogP contribution in [0.2, 0.25) is 0 Å². The largest absolute Gasteiger partial charge is 0.494 e. The molecule has 10 heteroatoms. The predicted molar refractivity (Wildman–Crippen MR) is 148 cm³/mol. The van der Waals surface area contributed by atoms with E-state index in [1.54, 1.807) is 17.6 Å². The lowest BCUT2D eigenvalue weighted by molar-refractivity contribution is -0.141. The molecule has 0 aromatic heterocycles. The van der Waals surface area contributed by atoms with E-state index in [-0.39, 0.29) is 18.9 Å². The normalized spacial score (nSPS) is 19.6. The van der Waals surface area contributed by atoms with E-state index in [4.69, 9.17) is 9.47 Å². The number of rotatable bonds is 11. The van der Waals surface area contributed by atoms with Crippen molar-refractivity contribution >= 4 is 17.7 Å². The third kappa shape index (κ3) is 9.51. The van der Waals surface area contributed by atoms with E-state index in [1.165, 1.54) is 0 Å².